The maximum Gasteiger partial charge on any atom is 0.341 e. The zero-order valence-corrected chi connectivity index (χ0v) is 17.2. The van der Waals surface area contributed by atoms with Gasteiger partial charge in [-0.2, -0.15) is 0 Å². The first-order valence-corrected chi connectivity index (χ1v) is 9.49. The summed E-state index contributed by atoms with van der Waals surface area (Å²) in [5.74, 6) is -1.09. The minimum absolute atomic E-state index is 0.125. The van der Waals surface area contributed by atoms with Crippen molar-refractivity contribution in [1.29, 1.82) is 0 Å². The molecule has 1 heterocycles. The smallest absolute Gasteiger partial charge is 0.341 e. The number of carbonyl (C=O) groups is 3. The van der Waals surface area contributed by atoms with E-state index in [9.17, 15) is 14.4 Å². The van der Waals surface area contributed by atoms with Crippen LogP contribution >= 0.6 is 22.9 Å². The molecule has 0 spiro atoms. The lowest BCUT2D eigenvalue weighted by Crippen LogP contribution is -2.21. The number of thiophene rings is 1. The Kier molecular flexibility index (Phi) is 7.12. The van der Waals surface area contributed by atoms with E-state index in [2.05, 4.69) is 5.32 Å². The summed E-state index contributed by atoms with van der Waals surface area (Å²) in [6, 6.07) is 6.38. The third kappa shape index (κ3) is 5.15. The van der Waals surface area contributed by atoms with Gasteiger partial charge in [-0.05, 0) is 57.8 Å². The van der Waals surface area contributed by atoms with Crippen molar-refractivity contribution in [2.45, 2.75) is 13.8 Å². The van der Waals surface area contributed by atoms with Gasteiger partial charge >= 0.3 is 5.97 Å². The van der Waals surface area contributed by atoms with E-state index >= 15 is 0 Å². The molecule has 0 aliphatic carbocycles. The SMILES string of the molecule is CCOC(=O)c1c(NC(=O)c2ccc(Cl)cc2)sc(C(=O)CN(C)C)c1C. The summed E-state index contributed by atoms with van der Waals surface area (Å²) in [4.78, 5) is 39.6. The van der Waals surface area contributed by atoms with Gasteiger partial charge in [0.15, 0.2) is 5.78 Å². The second kappa shape index (κ2) is 9.12. The van der Waals surface area contributed by atoms with E-state index in [0.717, 1.165) is 11.3 Å². The van der Waals surface area contributed by atoms with Crippen LogP contribution in [0.25, 0.3) is 0 Å². The van der Waals surface area contributed by atoms with Crippen LogP contribution in [0.3, 0.4) is 0 Å². The number of Topliss-reactive ketones (excluding diaryl/α,β-unsaturated/α-hetero) is 1. The Morgan fingerprint density at radius 1 is 1.19 bits per heavy atom. The van der Waals surface area contributed by atoms with Gasteiger partial charge in [0.2, 0.25) is 0 Å². The zero-order valence-electron chi connectivity index (χ0n) is 15.6. The van der Waals surface area contributed by atoms with Crippen LogP contribution in [0, 0.1) is 6.92 Å². The second-order valence-electron chi connectivity index (χ2n) is 6.10. The first kappa shape index (κ1) is 21.1. The van der Waals surface area contributed by atoms with Crippen molar-refractivity contribution in [3.05, 3.63) is 50.9 Å². The van der Waals surface area contributed by atoms with Gasteiger partial charge in [0.1, 0.15) is 5.00 Å². The first-order chi connectivity index (χ1) is 12.7. The quantitative estimate of drug-likeness (QED) is 0.555. The fraction of sp³-hybridized carbons (Fsp3) is 0.316. The standard InChI is InChI=1S/C19H21ClN2O4S/c1-5-26-19(25)15-11(2)16(14(23)10-22(3)4)27-18(15)21-17(24)12-6-8-13(20)9-7-12/h6-9H,5,10H2,1-4H3,(H,21,24). The number of hydrogen-bond acceptors (Lipinski definition) is 6. The van der Waals surface area contributed by atoms with Crippen LogP contribution < -0.4 is 5.32 Å². The number of carbonyl (C=O) groups excluding carboxylic acids is 3. The Bertz CT molecular complexity index is 859. The average molecular weight is 409 g/mol. The normalized spacial score (nSPS) is 10.7. The van der Waals surface area contributed by atoms with Gasteiger partial charge < -0.3 is 15.0 Å². The van der Waals surface area contributed by atoms with Crippen LogP contribution in [0.5, 0.6) is 0 Å². The molecular formula is C19H21ClN2O4S. The Morgan fingerprint density at radius 3 is 2.37 bits per heavy atom. The fourth-order valence-corrected chi connectivity index (χ4v) is 3.70. The molecule has 2 rings (SSSR count). The molecule has 27 heavy (non-hydrogen) atoms. The number of likely N-dealkylation sites (N-methyl/N-ethyl adjacent to an activating group) is 1. The highest BCUT2D eigenvalue weighted by Gasteiger charge is 2.26. The lowest BCUT2D eigenvalue weighted by Gasteiger charge is -2.08. The van der Waals surface area contributed by atoms with Crippen LogP contribution in [0.1, 0.15) is 42.9 Å². The van der Waals surface area contributed by atoms with Crippen LogP contribution in [0.2, 0.25) is 5.02 Å². The zero-order chi connectivity index (χ0) is 20.1. The number of rotatable bonds is 7. The van der Waals surface area contributed by atoms with Gasteiger partial charge in [-0.1, -0.05) is 11.6 Å². The van der Waals surface area contributed by atoms with Gasteiger partial charge in [-0.15, -0.1) is 11.3 Å². The number of esters is 1. The number of hydrogen-bond donors (Lipinski definition) is 1. The molecule has 0 aliphatic rings. The number of benzene rings is 1. The number of nitrogens with zero attached hydrogens (tertiary/aromatic N) is 1. The van der Waals surface area contributed by atoms with Crippen molar-refractivity contribution in [2.24, 2.45) is 0 Å². The van der Waals surface area contributed by atoms with Gasteiger partial charge in [0.25, 0.3) is 5.91 Å². The summed E-state index contributed by atoms with van der Waals surface area (Å²) < 4.78 is 5.10. The van der Waals surface area contributed by atoms with E-state index < -0.39 is 11.9 Å². The molecule has 2 aromatic rings. The van der Waals surface area contributed by atoms with Crippen molar-refractivity contribution in [3.63, 3.8) is 0 Å². The van der Waals surface area contributed by atoms with E-state index in [0.29, 0.717) is 26.0 Å². The van der Waals surface area contributed by atoms with Crippen LogP contribution in [-0.2, 0) is 4.74 Å². The number of ketones is 1. The minimum atomic E-state index is -0.568. The predicted molar refractivity (Wildman–Crippen MR) is 107 cm³/mol. The Hall–Kier alpha value is -2.22. The number of nitrogens with one attached hydrogen (secondary N) is 1. The highest BCUT2D eigenvalue weighted by atomic mass is 35.5. The number of halogens is 1. The minimum Gasteiger partial charge on any atom is -0.462 e. The molecule has 1 N–H and O–H groups in total. The Labute approximate surface area is 167 Å². The largest absolute Gasteiger partial charge is 0.462 e. The lowest BCUT2D eigenvalue weighted by molar-refractivity contribution is 0.0527. The maximum atomic E-state index is 12.5. The molecule has 0 saturated heterocycles. The summed E-state index contributed by atoms with van der Waals surface area (Å²) in [5, 5.41) is 3.54. The van der Waals surface area contributed by atoms with E-state index in [1.54, 1.807) is 57.1 Å². The number of amides is 1. The van der Waals surface area contributed by atoms with E-state index in [1.165, 1.54) is 0 Å². The topological polar surface area (TPSA) is 75.7 Å². The molecular weight excluding hydrogens is 388 g/mol. The van der Waals surface area contributed by atoms with Gasteiger partial charge in [0, 0.05) is 10.6 Å². The van der Waals surface area contributed by atoms with Crippen LogP contribution in [0.4, 0.5) is 5.00 Å². The van der Waals surface area contributed by atoms with Crippen LogP contribution in [0.15, 0.2) is 24.3 Å². The molecule has 0 saturated carbocycles. The number of ether oxygens (including phenoxy) is 1. The summed E-state index contributed by atoms with van der Waals surface area (Å²) in [6.07, 6.45) is 0. The predicted octanol–water partition coefficient (Wildman–Crippen LogP) is 3.88. The molecule has 144 valence electrons. The maximum absolute atomic E-state index is 12.5. The molecule has 1 aromatic heterocycles. The van der Waals surface area contributed by atoms with Crippen molar-refractivity contribution in [2.75, 3.05) is 32.6 Å². The third-order valence-electron chi connectivity index (χ3n) is 3.67. The second-order valence-corrected chi connectivity index (χ2v) is 7.56. The molecule has 0 atom stereocenters. The highest BCUT2D eigenvalue weighted by Crippen LogP contribution is 2.34. The summed E-state index contributed by atoms with van der Waals surface area (Å²) in [7, 11) is 3.58. The fourth-order valence-electron chi connectivity index (χ4n) is 2.45. The number of anilines is 1. The van der Waals surface area contributed by atoms with Crippen LogP contribution in [-0.4, -0.2) is 49.8 Å². The van der Waals surface area contributed by atoms with Crippen molar-refractivity contribution in [1.82, 2.24) is 4.90 Å². The van der Waals surface area contributed by atoms with Gasteiger partial charge in [-0.25, -0.2) is 4.79 Å². The van der Waals surface area contributed by atoms with Gasteiger partial charge in [-0.3, -0.25) is 9.59 Å². The molecule has 1 aromatic carbocycles. The lowest BCUT2D eigenvalue weighted by atomic mass is 10.1. The molecule has 1 amide bonds. The monoisotopic (exact) mass is 408 g/mol. The highest BCUT2D eigenvalue weighted by molar-refractivity contribution is 7.18. The third-order valence-corrected chi connectivity index (χ3v) is 5.17. The van der Waals surface area contributed by atoms with E-state index in [4.69, 9.17) is 16.3 Å². The molecule has 0 aliphatic heterocycles. The Balaban J connectivity index is 2.40. The molecule has 0 fully saturated rings. The average Bonchev–Trinajstić information content (AvgIpc) is 2.91. The molecule has 0 unspecified atom stereocenters. The van der Waals surface area contributed by atoms with Gasteiger partial charge in [0.05, 0.1) is 23.6 Å². The molecule has 0 bridgehead atoms. The molecule has 8 heteroatoms. The Morgan fingerprint density at radius 2 is 1.81 bits per heavy atom. The first-order valence-electron chi connectivity index (χ1n) is 8.30. The van der Waals surface area contributed by atoms with E-state index in [-0.39, 0.29) is 24.5 Å². The van der Waals surface area contributed by atoms with E-state index in [1.807, 2.05) is 0 Å². The molecule has 0 radical (unpaired) electrons. The summed E-state index contributed by atoms with van der Waals surface area (Å²) in [6.45, 7) is 3.78. The summed E-state index contributed by atoms with van der Waals surface area (Å²) >= 11 is 6.93. The van der Waals surface area contributed by atoms with Crippen molar-refractivity contribution >= 4 is 45.6 Å². The van der Waals surface area contributed by atoms with Crippen molar-refractivity contribution < 1.29 is 19.1 Å². The summed E-state index contributed by atoms with van der Waals surface area (Å²) in [5.41, 5.74) is 1.12. The molecule has 6 nitrogen and oxygen atoms in total. The van der Waals surface area contributed by atoms with Crippen molar-refractivity contribution in [3.8, 4) is 0 Å².